The van der Waals surface area contributed by atoms with Gasteiger partial charge in [-0.1, -0.05) is 0 Å². The molecular weight excluding hydrogens is 246 g/mol. The molecule has 5 heteroatoms. The minimum Gasteiger partial charge on any atom is -0.497 e. The van der Waals surface area contributed by atoms with E-state index < -0.39 is 11.4 Å². The van der Waals surface area contributed by atoms with Crippen molar-refractivity contribution in [2.24, 2.45) is 0 Å². The summed E-state index contributed by atoms with van der Waals surface area (Å²) in [6.45, 7) is 1.60. The first-order valence-electron chi connectivity index (χ1n) is 5.64. The fourth-order valence-electron chi connectivity index (χ4n) is 1.84. The number of H-pyrrole nitrogens is 1. The van der Waals surface area contributed by atoms with Gasteiger partial charge in [0.1, 0.15) is 5.75 Å². The number of methoxy groups -OCH3 is 1. The van der Waals surface area contributed by atoms with E-state index >= 15 is 0 Å². The van der Waals surface area contributed by atoms with E-state index in [0.717, 1.165) is 0 Å². The molecule has 0 radical (unpaired) electrons. The Morgan fingerprint density at radius 1 is 1.26 bits per heavy atom. The topological polar surface area (TPSA) is 79.4 Å². The zero-order valence-electron chi connectivity index (χ0n) is 10.6. The minimum atomic E-state index is -0.443. The molecule has 98 valence electrons. The zero-order valence-corrected chi connectivity index (χ0v) is 10.6. The van der Waals surface area contributed by atoms with Crippen LogP contribution in [0.5, 0.6) is 11.6 Å². The molecule has 0 saturated heterocycles. The van der Waals surface area contributed by atoms with Gasteiger partial charge in [0.15, 0.2) is 5.78 Å². The number of aromatic amines is 1. The summed E-state index contributed by atoms with van der Waals surface area (Å²) in [7, 11) is 1.54. The number of hydrogen-bond donors (Lipinski definition) is 2. The second-order valence-electron chi connectivity index (χ2n) is 4.10. The van der Waals surface area contributed by atoms with Gasteiger partial charge in [-0.2, -0.15) is 0 Å². The molecule has 0 aliphatic carbocycles. The third-order valence-corrected chi connectivity index (χ3v) is 2.80. The van der Waals surface area contributed by atoms with Crippen LogP contribution >= 0.6 is 0 Å². The zero-order chi connectivity index (χ0) is 14.0. The molecule has 0 aliphatic heterocycles. The molecule has 0 atom stereocenters. The predicted molar refractivity (Wildman–Crippen MR) is 69.9 cm³/mol. The first kappa shape index (κ1) is 12.9. The standard InChI is InChI=1S/C14H13NO4/c1-8-7-11(16)15-14(18)12(8)13(17)9-3-5-10(19-2)6-4-9/h3-7H,1-2H3,(H2,15,16,18). The first-order valence-corrected chi connectivity index (χ1v) is 5.64. The Morgan fingerprint density at radius 2 is 1.89 bits per heavy atom. The summed E-state index contributed by atoms with van der Waals surface area (Å²) < 4.78 is 5.01. The summed E-state index contributed by atoms with van der Waals surface area (Å²) in [4.78, 5) is 25.6. The Labute approximate surface area is 109 Å². The molecular formula is C14H13NO4. The number of rotatable bonds is 3. The molecule has 0 spiro atoms. The van der Waals surface area contributed by atoms with Crippen molar-refractivity contribution in [3.05, 3.63) is 57.4 Å². The van der Waals surface area contributed by atoms with Crippen molar-refractivity contribution in [2.75, 3.05) is 7.11 Å². The van der Waals surface area contributed by atoms with E-state index in [1.54, 1.807) is 31.2 Å². The van der Waals surface area contributed by atoms with Crippen molar-refractivity contribution in [3.63, 3.8) is 0 Å². The number of ether oxygens (including phenoxy) is 1. The molecule has 0 saturated carbocycles. The van der Waals surface area contributed by atoms with Gasteiger partial charge in [-0.15, -0.1) is 0 Å². The highest BCUT2D eigenvalue weighted by molar-refractivity contribution is 6.11. The van der Waals surface area contributed by atoms with Crippen LogP contribution in [0.1, 0.15) is 21.5 Å². The number of carbonyl (C=O) groups is 1. The van der Waals surface area contributed by atoms with E-state index in [-0.39, 0.29) is 11.3 Å². The molecule has 0 fully saturated rings. The Kier molecular flexibility index (Phi) is 3.37. The lowest BCUT2D eigenvalue weighted by molar-refractivity contribution is 0.103. The molecule has 2 N–H and O–H groups in total. The molecule has 1 aromatic heterocycles. The van der Waals surface area contributed by atoms with Gasteiger partial charge in [0, 0.05) is 11.6 Å². The summed E-state index contributed by atoms with van der Waals surface area (Å²) in [6, 6.07) is 7.80. The summed E-state index contributed by atoms with van der Waals surface area (Å²) in [6.07, 6.45) is 0. The number of pyridine rings is 1. The molecule has 0 amide bonds. The molecule has 0 unspecified atom stereocenters. The summed E-state index contributed by atoms with van der Waals surface area (Å²) in [5, 5.41) is 9.70. The van der Waals surface area contributed by atoms with Crippen LogP contribution in [-0.4, -0.2) is 23.0 Å². The summed E-state index contributed by atoms with van der Waals surface area (Å²) in [5.74, 6) is -0.126. The van der Waals surface area contributed by atoms with Gasteiger partial charge in [-0.3, -0.25) is 14.6 Å². The molecule has 0 bridgehead atoms. The van der Waals surface area contributed by atoms with Crippen molar-refractivity contribution in [1.82, 2.24) is 4.98 Å². The maximum absolute atomic E-state index is 12.3. The summed E-state index contributed by atoms with van der Waals surface area (Å²) in [5.41, 5.74) is 0.499. The van der Waals surface area contributed by atoms with Crippen LogP contribution in [-0.2, 0) is 0 Å². The van der Waals surface area contributed by atoms with E-state index in [0.29, 0.717) is 16.9 Å². The number of aromatic nitrogens is 1. The average Bonchev–Trinajstić information content (AvgIpc) is 2.37. The van der Waals surface area contributed by atoms with Crippen LogP contribution < -0.4 is 10.3 Å². The third kappa shape index (κ3) is 2.49. The van der Waals surface area contributed by atoms with E-state index in [1.807, 2.05) is 0 Å². The number of nitrogens with one attached hydrogen (secondary N) is 1. The number of aromatic hydroxyl groups is 1. The number of aryl methyl sites for hydroxylation is 1. The van der Waals surface area contributed by atoms with E-state index in [9.17, 15) is 14.7 Å². The Hall–Kier alpha value is -2.56. The van der Waals surface area contributed by atoms with Crippen molar-refractivity contribution >= 4 is 5.78 Å². The van der Waals surface area contributed by atoms with Crippen molar-refractivity contribution in [2.45, 2.75) is 6.92 Å². The fraction of sp³-hybridized carbons (Fsp3) is 0.143. The number of carbonyl (C=O) groups excluding carboxylic acids is 1. The maximum atomic E-state index is 12.3. The highest BCUT2D eigenvalue weighted by atomic mass is 16.5. The van der Waals surface area contributed by atoms with Gasteiger partial charge >= 0.3 is 0 Å². The largest absolute Gasteiger partial charge is 0.497 e. The van der Waals surface area contributed by atoms with Crippen LogP contribution in [0.15, 0.2) is 35.1 Å². The molecule has 1 heterocycles. The van der Waals surface area contributed by atoms with Gasteiger partial charge in [-0.05, 0) is 36.8 Å². The van der Waals surface area contributed by atoms with Gasteiger partial charge in [0.05, 0.1) is 12.7 Å². The lowest BCUT2D eigenvalue weighted by Crippen LogP contribution is -2.12. The van der Waals surface area contributed by atoms with Crippen LogP contribution in [0.2, 0.25) is 0 Å². The second kappa shape index (κ2) is 4.97. The second-order valence-corrected chi connectivity index (χ2v) is 4.10. The SMILES string of the molecule is COc1ccc(C(=O)c2c(C)cc(=O)[nH]c2O)cc1. The highest BCUT2D eigenvalue weighted by Gasteiger charge is 2.17. The molecule has 2 aromatic rings. The lowest BCUT2D eigenvalue weighted by atomic mass is 10.0. The van der Waals surface area contributed by atoms with E-state index in [4.69, 9.17) is 4.74 Å². The Bertz CT molecular complexity index is 645. The average molecular weight is 259 g/mol. The van der Waals surface area contributed by atoms with Gasteiger partial charge < -0.3 is 9.84 Å². The van der Waals surface area contributed by atoms with Crippen LogP contribution in [0.4, 0.5) is 0 Å². The Morgan fingerprint density at radius 3 is 2.42 bits per heavy atom. The van der Waals surface area contributed by atoms with Crippen LogP contribution in [0.25, 0.3) is 0 Å². The van der Waals surface area contributed by atoms with Crippen LogP contribution in [0, 0.1) is 6.92 Å². The molecule has 19 heavy (non-hydrogen) atoms. The van der Waals surface area contributed by atoms with Gasteiger partial charge in [0.2, 0.25) is 5.88 Å². The first-order chi connectivity index (χ1) is 9.02. The van der Waals surface area contributed by atoms with E-state index in [1.165, 1.54) is 13.2 Å². The molecule has 0 aliphatic rings. The van der Waals surface area contributed by atoms with Gasteiger partial charge in [-0.25, -0.2) is 0 Å². The van der Waals surface area contributed by atoms with Crippen molar-refractivity contribution < 1.29 is 14.6 Å². The maximum Gasteiger partial charge on any atom is 0.250 e. The van der Waals surface area contributed by atoms with Crippen molar-refractivity contribution in [1.29, 1.82) is 0 Å². The Balaban J connectivity index is 2.46. The predicted octanol–water partition coefficient (Wildman–Crippen LogP) is 1.63. The fourth-order valence-corrected chi connectivity index (χ4v) is 1.84. The van der Waals surface area contributed by atoms with E-state index in [2.05, 4.69) is 4.98 Å². The normalized spacial score (nSPS) is 10.2. The highest BCUT2D eigenvalue weighted by Crippen LogP contribution is 2.21. The third-order valence-electron chi connectivity index (χ3n) is 2.80. The van der Waals surface area contributed by atoms with Crippen molar-refractivity contribution in [3.8, 4) is 11.6 Å². The lowest BCUT2D eigenvalue weighted by Gasteiger charge is -2.07. The number of hydrogen-bond acceptors (Lipinski definition) is 4. The quantitative estimate of drug-likeness (QED) is 0.821. The molecule has 1 aromatic carbocycles. The van der Waals surface area contributed by atoms with Gasteiger partial charge in [0.25, 0.3) is 5.56 Å². The molecule has 5 nitrogen and oxygen atoms in total. The summed E-state index contributed by atoms with van der Waals surface area (Å²) >= 11 is 0. The molecule has 2 rings (SSSR count). The van der Waals surface area contributed by atoms with Crippen LogP contribution in [0.3, 0.4) is 0 Å². The smallest absolute Gasteiger partial charge is 0.250 e. The minimum absolute atomic E-state index is 0.102. The monoisotopic (exact) mass is 259 g/mol. The number of benzene rings is 1. The number of ketones is 1.